The fraction of sp³-hybridized carbons (Fsp3) is 0.600. The average Bonchev–Trinajstić information content (AvgIpc) is 1.80. The van der Waals surface area contributed by atoms with Crippen LogP contribution in [0.25, 0.3) is 0 Å². The summed E-state index contributed by atoms with van der Waals surface area (Å²) in [4.78, 5) is 1.84. The minimum atomic E-state index is -4.00. The van der Waals surface area contributed by atoms with Crippen molar-refractivity contribution >= 4 is 51.5 Å². The summed E-state index contributed by atoms with van der Waals surface area (Å²) in [7, 11) is 0. The molecule has 0 aliphatic carbocycles. The Morgan fingerprint density at radius 3 is 2.10 bits per heavy atom. The molecule has 10 heavy (non-hydrogen) atoms. The van der Waals surface area contributed by atoms with Crippen LogP contribution in [0.2, 0.25) is 4.48 Å². The number of halogens is 4. The van der Waals surface area contributed by atoms with Gasteiger partial charge in [-0.15, -0.1) is 0 Å². The maximum atomic E-state index is 11.9. The van der Waals surface area contributed by atoms with E-state index in [-0.39, 0.29) is 23.8 Å². The fourth-order valence-corrected chi connectivity index (χ4v) is 9.63. The van der Waals surface area contributed by atoms with Crippen molar-refractivity contribution in [1.82, 2.24) is 0 Å². The summed E-state index contributed by atoms with van der Waals surface area (Å²) in [5.41, 5.74) is 0. The van der Waals surface area contributed by atoms with E-state index in [2.05, 4.69) is 0 Å². The van der Waals surface area contributed by atoms with E-state index in [0.29, 0.717) is 0 Å². The van der Waals surface area contributed by atoms with Crippen LogP contribution in [0.3, 0.4) is 0 Å². The molecule has 0 aromatic rings. The molecule has 0 aliphatic rings. The fourth-order valence-electron chi connectivity index (χ4n) is 0.406. The van der Waals surface area contributed by atoms with Crippen LogP contribution in [0.1, 0.15) is 0 Å². The van der Waals surface area contributed by atoms with Crippen LogP contribution >= 0.6 is 20.7 Å². The summed E-state index contributed by atoms with van der Waals surface area (Å²) in [6, 6.07) is 0. The van der Waals surface area contributed by atoms with Crippen LogP contribution in [0, 0.1) is 0 Å². The van der Waals surface area contributed by atoms with E-state index >= 15 is 0 Å². The van der Waals surface area contributed by atoms with Gasteiger partial charge < -0.3 is 0 Å². The van der Waals surface area contributed by atoms with Crippen LogP contribution in [0.5, 0.6) is 0 Å². The maximum absolute atomic E-state index is 11.9. The summed E-state index contributed by atoms with van der Waals surface area (Å²) >= 11 is -1.92. The summed E-state index contributed by atoms with van der Waals surface area (Å²) in [6.07, 6.45) is -4.00. The van der Waals surface area contributed by atoms with Gasteiger partial charge >= 0.3 is 80.3 Å². The molecule has 0 atom stereocenters. The zero-order valence-corrected chi connectivity index (χ0v) is 12.3. The summed E-state index contributed by atoms with van der Waals surface area (Å²) < 4.78 is 38.7. The molecular formula is C5H7F3ITl. The molecule has 5 heteroatoms. The molecule has 0 aromatic carbocycles. The van der Waals surface area contributed by atoms with Crippen LogP contribution < -0.4 is 0 Å². The molecule has 58 valence electrons. The van der Waals surface area contributed by atoms with E-state index in [1.165, 1.54) is 4.01 Å². The second-order valence-electron chi connectivity index (χ2n) is 1.57. The SMILES string of the molecule is CI=C[C](=[Tl][CH3])C(F)(F)F. The first-order chi connectivity index (χ1) is 4.52. The molecule has 0 rings (SSSR count). The van der Waals surface area contributed by atoms with Gasteiger partial charge in [0.15, 0.2) is 0 Å². The molecule has 0 aliphatic heterocycles. The first kappa shape index (κ1) is 11.2. The standard InChI is InChI=1S/C4H4F3I.CH3.Tl/c1-8-3-2-4(5,6)7;;/h3H,1H3;1H3;. The first-order valence-corrected chi connectivity index (χ1v) is 12.7. The van der Waals surface area contributed by atoms with Gasteiger partial charge in [0.05, 0.1) is 0 Å². The van der Waals surface area contributed by atoms with Crippen molar-refractivity contribution in [3.63, 3.8) is 0 Å². The molecule has 0 spiro atoms. The Kier molecular flexibility index (Phi) is 5.52. The number of rotatable bonds is 1. The molecule has 0 heterocycles. The average molecular weight is 455 g/mol. The van der Waals surface area contributed by atoms with Gasteiger partial charge in [-0.1, -0.05) is 0 Å². The molecule has 0 amide bonds. The monoisotopic (exact) mass is 456 g/mol. The Hall–Kier alpha value is 1.18. The second-order valence-corrected chi connectivity index (χ2v) is 8.10. The van der Waals surface area contributed by atoms with Crippen LogP contribution in [0.4, 0.5) is 13.2 Å². The van der Waals surface area contributed by atoms with Gasteiger partial charge in [-0.3, -0.25) is 0 Å². The summed E-state index contributed by atoms with van der Waals surface area (Å²) in [6.45, 7) is 0. The van der Waals surface area contributed by atoms with Crippen molar-refractivity contribution in [3.05, 3.63) is 0 Å². The van der Waals surface area contributed by atoms with Crippen molar-refractivity contribution in [1.29, 1.82) is 0 Å². The quantitative estimate of drug-likeness (QED) is 0.322. The minimum absolute atomic E-state index is 0.164. The second kappa shape index (κ2) is 4.94. The normalized spacial score (nSPS) is 14.7. The van der Waals surface area contributed by atoms with E-state index < -0.39 is 29.9 Å². The third-order valence-electron chi connectivity index (χ3n) is 0.865. The predicted octanol–water partition coefficient (Wildman–Crippen LogP) is 1.88. The number of hydrogen-bond acceptors (Lipinski definition) is 0. The zero-order valence-electron chi connectivity index (χ0n) is 5.67. The van der Waals surface area contributed by atoms with Crippen molar-refractivity contribution in [2.75, 3.05) is 4.93 Å². The van der Waals surface area contributed by atoms with E-state index in [4.69, 9.17) is 0 Å². The molecule has 0 saturated heterocycles. The molecule has 0 nitrogen and oxygen atoms in total. The van der Waals surface area contributed by atoms with Crippen LogP contribution in [-0.2, 0) is 0 Å². The van der Waals surface area contributed by atoms with E-state index in [9.17, 15) is 13.2 Å². The van der Waals surface area contributed by atoms with Gasteiger partial charge in [0, 0.05) is 0 Å². The molecular weight excluding hydrogens is 448 g/mol. The van der Waals surface area contributed by atoms with E-state index in [1.807, 2.05) is 4.93 Å². The van der Waals surface area contributed by atoms with Crippen molar-refractivity contribution in [3.8, 4) is 0 Å². The van der Waals surface area contributed by atoms with Crippen molar-refractivity contribution in [2.45, 2.75) is 10.7 Å². The topological polar surface area (TPSA) is 0 Å². The van der Waals surface area contributed by atoms with E-state index in [0.717, 1.165) is 0 Å². The van der Waals surface area contributed by atoms with E-state index in [1.54, 1.807) is 4.48 Å². The summed E-state index contributed by atoms with van der Waals surface area (Å²) in [5.74, 6) is 0. The Morgan fingerprint density at radius 2 is 2.00 bits per heavy atom. The molecule has 0 fully saturated rings. The summed E-state index contributed by atoms with van der Waals surface area (Å²) in [5, 5.41) is 0. The first-order valence-electron chi connectivity index (χ1n) is 2.57. The molecule has 0 saturated carbocycles. The Morgan fingerprint density at radius 1 is 1.50 bits per heavy atom. The third-order valence-corrected chi connectivity index (χ3v) is 9.13. The van der Waals surface area contributed by atoms with Gasteiger partial charge in [-0.2, -0.15) is 0 Å². The zero-order chi connectivity index (χ0) is 8.20. The van der Waals surface area contributed by atoms with Gasteiger partial charge in [0.25, 0.3) is 0 Å². The van der Waals surface area contributed by atoms with Crippen LogP contribution in [0.15, 0.2) is 0 Å². The number of alkyl halides is 4. The Labute approximate surface area is 79.6 Å². The molecule has 0 unspecified atom stereocenters. The Balaban J connectivity index is 4.39. The molecule has 0 radical (unpaired) electrons. The predicted molar refractivity (Wildman–Crippen MR) is 48.7 cm³/mol. The third kappa shape index (κ3) is 4.14. The molecule has 0 bridgehead atoms. The van der Waals surface area contributed by atoms with Crippen LogP contribution in [-0.4, -0.2) is 41.9 Å². The van der Waals surface area contributed by atoms with Gasteiger partial charge in [0.2, 0.25) is 0 Å². The van der Waals surface area contributed by atoms with Crippen molar-refractivity contribution in [2.24, 2.45) is 0 Å². The van der Waals surface area contributed by atoms with Gasteiger partial charge in [-0.05, 0) is 0 Å². The molecule has 0 N–H and O–H groups in total. The Bertz CT molecular complexity index is 159. The van der Waals surface area contributed by atoms with Gasteiger partial charge in [-0.25, -0.2) is 0 Å². The van der Waals surface area contributed by atoms with Crippen molar-refractivity contribution < 1.29 is 13.2 Å². The number of hydrogen-bond donors (Lipinski definition) is 0. The van der Waals surface area contributed by atoms with Gasteiger partial charge in [0.1, 0.15) is 0 Å². The molecule has 0 aromatic heterocycles.